The molecule has 0 unspecified atom stereocenters. The van der Waals surface area contributed by atoms with Crippen LogP contribution in [0, 0.1) is 5.92 Å². The molecule has 0 spiro atoms. The average Bonchev–Trinajstić information content (AvgIpc) is 2.25. The van der Waals surface area contributed by atoms with Crippen LogP contribution < -0.4 is 10.2 Å². The van der Waals surface area contributed by atoms with Gasteiger partial charge in [0, 0.05) is 25.0 Å². The number of fused-ring (bicyclic) bond motifs is 1. The molecule has 0 amide bonds. The van der Waals surface area contributed by atoms with Crippen LogP contribution in [0.5, 0.6) is 0 Å². The monoisotopic (exact) mass is 257 g/mol. The van der Waals surface area contributed by atoms with Crippen molar-refractivity contribution >= 4 is 28.9 Å². The lowest BCUT2D eigenvalue weighted by atomic mass is 9.83. The van der Waals surface area contributed by atoms with E-state index >= 15 is 0 Å². The molecular formula is C11H13Cl2N3. The molecule has 86 valence electrons. The third-order valence-corrected chi connectivity index (χ3v) is 4.20. The second-order valence-electron chi connectivity index (χ2n) is 4.44. The molecule has 2 atom stereocenters. The molecule has 0 bridgehead atoms. The first-order chi connectivity index (χ1) is 7.75. The van der Waals surface area contributed by atoms with E-state index in [1.54, 1.807) is 0 Å². The highest BCUT2D eigenvalue weighted by molar-refractivity contribution is 6.41. The van der Waals surface area contributed by atoms with Gasteiger partial charge in [0.1, 0.15) is 5.15 Å². The Balaban J connectivity index is 1.80. The summed E-state index contributed by atoms with van der Waals surface area (Å²) in [5.74, 6) is 0.781. The van der Waals surface area contributed by atoms with Gasteiger partial charge in [-0.1, -0.05) is 23.2 Å². The van der Waals surface area contributed by atoms with Gasteiger partial charge in [-0.25, -0.2) is 4.98 Å². The number of nitrogens with one attached hydrogen (secondary N) is 1. The molecule has 2 aliphatic rings. The van der Waals surface area contributed by atoms with E-state index in [0.29, 0.717) is 16.2 Å². The molecular weight excluding hydrogens is 245 g/mol. The van der Waals surface area contributed by atoms with Gasteiger partial charge in [0.2, 0.25) is 0 Å². The molecule has 1 aromatic rings. The van der Waals surface area contributed by atoms with Gasteiger partial charge < -0.3 is 10.2 Å². The molecule has 2 aliphatic heterocycles. The SMILES string of the molecule is Clc1cc(N2C[C@H]3CNCC[C@H]32)cnc1Cl. The number of pyridine rings is 1. The fourth-order valence-corrected chi connectivity index (χ4v) is 2.88. The van der Waals surface area contributed by atoms with Crippen LogP contribution in [-0.2, 0) is 0 Å². The fraction of sp³-hybridized carbons (Fsp3) is 0.545. The zero-order valence-electron chi connectivity index (χ0n) is 8.79. The van der Waals surface area contributed by atoms with Crippen molar-refractivity contribution in [1.82, 2.24) is 10.3 Å². The van der Waals surface area contributed by atoms with Crippen molar-refractivity contribution in [2.45, 2.75) is 12.5 Å². The van der Waals surface area contributed by atoms with Gasteiger partial charge in [0.15, 0.2) is 0 Å². The van der Waals surface area contributed by atoms with Crippen LogP contribution in [0.2, 0.25) is 10.2 Å². The number of hydrogen-bond acceptors (Lipinski definition) is 3. The number of piperidine rings is 1. The van der Waals surface area contributed by atoms with Crippen molar-refractivity contribution in [3.8, 4) is 0 Å². The maximum absolute atomic E-state index is 5.98. The highest BCUT2D eigenvalue weighted by Gasteiger charge is 2.40. The lowest BCUT2D eigenvalue weighted by molar-refractivity contribution is 0.230. The number of anilines is 1. The van der Waals surface area contributed by atoms with E-state index in [0.717, 1.165) is 31.2 Å². The third-order valence-electron chi connectivity index (χ3n) is 3.51. The minimum absolute atomic E-state index is 0.382. The normalized spacial score (nSPS) is 28.5. The quantitative estimate of drug-likeness (QED) is 0.782. The summed E-state index contributed by atoms with van der Waals surface area (Å²) >= 11 is 11.8. The summed E-state index contributed by atoms with van der Waals surface area (Å²) in [6.45, 7) is 3.33. The molecule has 3 heterocycles. The average molecular weight is 258 g/mol. The molecule has 2 saturated heterocycles. The number of rotatable bonds is 1. The molecule has 3 rings (SSSR count). The van der Waals surface area contributed by atoms with E-state index in [-0.39, 0.29) is 0 Å². The number of halogens is 2. The Morgan fingerprint density at radius 2 is 2.31 bits per heavy atom. The third kappa shape index (κ3) is 1.67. The van der Waals surface area contributed by atoms with Crippen LogP contribution in [0.4, 0.5) is 5.69 Å². The summed E-state index contributed by atoms with van der Waals surface area (Å²) in [4.78, 5) is 6.47. The van der Waals surface area contributed by atoms with E-state index in [1.807, 2.05) is 12.3 Å². The lowest BCUT2D eigenvalue weighted by Crippen LogP contribution is -2.63. The number of aromatic nitrogens is 1. The van der Waals surface area contributed by atoms with E-state index in [1.165, 1.54) is 6.42 Å². The maximum atomic E-state index is 5.98. The van der Waals surface area contributed by atoms with Crippen molar-refractivity contribution in [1.29, 1.82) is 0 Å². The molecule has 1 N–H and O–H groups in total. The zero-order chi connectivity index (χ0) is 11.1. The first kappa shape index (κ1) is 10.6. The summed E-state index contributed by atoms with van der Waals surface area (Å²) in [6, 6.07) is 2.56. The first-order valence-corrected chi connectivity index (χ1v) is 6.29. The first-order valence-electron chi connectivity index (χ1n) is 5.54. The molecule has 0 aromatic carbocycles. The van der Waals surface area contributed by atoms with Crippen LogP contribution in [0.15, 0.2) is 12.3 Å². The van der Waals surface area contributed by atoms with Crippen LogP contribution in [0.1, 0.15) is 6.42 Å². The van der Waals surface area contributed by atoms with E-state index in [4.69, 9.17) is 23.2 Å². The largest absolute Gasteiger partial charge is 0.366 e. The highest BCUT2D eigenvalue weighted by Crippen LogP contribution is 2.35. The maximum Gasteiger partial charge on any atom is 0.147 e. The summed E-state index contributed by atoms with van der Waals surface area (Å²) < 4.78 is 0. The van der Waals surface area contributed by atoms with Crippen molar-refractivity contribution < 1.29 is 0 Å². The molecule has 1 aromatic heterocycles. The second kappa shape index (κ2) is 4.06. The number of nitrogens with zero attached hydrogens (tertiary/aromatic N) is 2. The molecule has 5 heteroatoms. The molecule has 3 nitrogen and oxygen atoms in total. The van der Waals surface area contributed by atoms with Crippen molar-refractivity contribution in [3.05, 3.63) is 22.4 Å². The molecule has 0 radical (unpaired) electrons. The zero-order valence-corrected chi connectivity index (χ0v) is 10.3. The van der Waals surface area contributed by atoms with Crippen LogP contribution in [-0.4, -0.2) is 30.7 Å². The predicted octanol–water partition coefficient (Wildman–Crippen LogP) is 2.19. The van der Waals surface area contributed by atoms with Crippen molar-refractivity contribution in [2.75, 3.05) is 24.5 Å². The molecule has 0 saturated carbocycles. The van der Waals surface area contributed by atoms with Crippen molar-refractivity contribution in [2.24, 2.45) is 5.92 Å². The van der Waals surface area contributed by atoms with Gasteiger partial charge in [0.25, 0.3) is 0 Å². The van der Waals surface area contributed by atoms with Gasteiger partial charge in [-0.15, -0.1) is 0 Å². The molecule has 2 fully saturated rings. The topological polar surface area (TPSA) is 28.2 Å². The Morgan fingerprint density at radius 1 is 1.44 bits per heavy atom. The smallest absolute Gasteiger partial charge is 0.147 e. The second-order valence-corrected chi connectivity index (χ2v) is 5.20. The van der Waals surface area contributed by atoms with Gasteiger partial charge in [-0.3, -0.25) is 0 Å². The van der Waals surface area contributed by atoms with E-state index < -0.39 is 0 Å². The predicted molar refractivity (Wildman–Crippen MR) is 66.4 cm³/mol. The Labute approximate surface area is 105 Å². The van der Waals surface area contributed by atoms with Gasteiger partial charge in [-0.2, -0.15) is 0 Å². The van der Waals surface area contributed by atoms with Crippen LogP contribution >= 0.6 is 23.2 Å². The minimum Gasteiger partial charge on any atom is -0.366 e. The van der Waals surface area contributed by atoms with E-state index in [9.17, 15) is 0 Å². The Hall–Kier alpha value is -0.510. The summed E-state index contributed by atoms with van der Waals surface area (Å²) in [5, 5.41) is 4.34. The fourth-order valence-electron chi connectivity index (χ4n) is 2.62. The Kier molecular flexibility index (Phi) is 2.70. The summed E-state index contributed by atoms with van der Waals surface area (Å²) in [6.07, 6.45) is 3.01. The van der Waals surface area contributed by atoms with Crippen molar-refractivity contribution in [3.63, 3.8) is 0 Å². The molecule has 0 aliphatic carbocycles. The Morgan fingerprint density at radius 3 is 3.06 bits per heavy atom. The molecule has 16 heavy (non-hydrogen) atoms. The highest BCUT2D eigenvalue weighted by atomic mass is 35.5. The standard InChI is InChI=1S/C11H13Cl2N3/c12-9-3-8(5-15-11(9)13)16-6-7-4-14-2-1-10(7)16/h3,5,7,10,14H,1-2,4,6H2/t7-,10-/m1/s1. The summed E-state index contributed by atoms with van der Waals surface area (Å²) in [5.41, 5.74) is 1.09. The minimum atomic E-state index is 0.382. The van der Waals surface area contributed by atoms with Crippen LogP contribution in [0.25, 0.3) is 0 Å². The lowest BCUT2D eigenvalue weighted by Gasteiger charge is -2.52. The van der Waals surface area contributed by atoms with Crippen LogP contribution in [0.3, 0.4) is 0 Å². The summed E-state index contributed by atoms with van der Waals surface area (Å²) in [7, 11) is 0. The number of hydrogen-bond donors (Lipinski definition) is 1. The van der Waals surface area contributed by atoms with E-state index in [2.05, 4.69) is 15.2 Å². The van der Waals surface area contributed by atoms with Gasteiger partial charge in [0.05, 0.1) is 16.9 Å². The van der Waals surface area contributed by atoms with Gasteiger partial charge in [-0.05, 0) is 19.0 Å². The Bertz CT molecular complexity index is 410. The van der Waals surface area contributed by atoms with Gasteiger partial charge >= 0.3 is 0 Å².